The lowest BCUT2D eigenvalue weighted by Gasteiger charge is -2.02. The van der Waals surface area contributed by atoms with Gasteiger partial charge in [0.25, 0.3) is 0 Å². The zero-order valence-electron chi connectivity index (χ0n) is 9.03. The highest BCUT2D eigenvalue weighted by Crippen LogP contribution is 2.18. The molecule has 0 saturated heterocycles. The SMILES string of the molecule is C=CCc1coc2cc(OC)ccc2c1=O. The first-order valence-electron chi connectivity index (χ1n) is 4.95. The molecule has 0 atom stereocenters. The smallest absolute Gasteiger partial charge is 0.196 e. The summed E-state index contributed by atoms with van der Waals surface area (Å²) in [6.07, 6.45) is 3.68. The summed E-state index contributed by atoms with van der Waals surface area (Å²) in [5.41, 5.74) is 1.15. The van der Waals surface area contributed by atoms with E-state index in [1.807, 2.05) is 0 Å². The number of allylic oxidation sites excluding steroid dienone is 1. The fourth-order valence-electron chi connectivity index (χ4n) is 1.57. The van der Waals surface area contributed by atoms with E-state index in [1.54, 1.807) is 31.4 Å². The Labute approximate surface area is 93.0 Å². The van der Waals surface area contributed by atoms with Crippen molar-refractivity contribution in [3.05, 3.63) is 52.9 Å². The van der Waals surface area contributed by atoms with Gasteiger partial charge in [-0.05, 0) is 18.6 Å². The second-order valence-electron chi connectivity index (χ2n) is 3.44. The van der Waals surface area contributed by atoms with Gasteiger partial charge in [-0.3, -0.25) is 4.79 Å². The summed E-state index contributed by atoms with van der Waals surface area (Å²) in [6, 6.07) is 5.16. The summed E-state index contributed by atoms with van der Waals surface area (Å²) < 4.78 is 10.5. The molecule has 0 fully saturated rings. The van der Waals surface area contributed by atoms with Gasteiger partial charge in [-0.1, -0.05) is 6.08 Å². The maximum absolute atomic E-state index is 12.0. The monoisotopic (exact) mass is 216 g/mol. The number of methoxy groups -OCH3 is 1. The number of ether oxygens (including phenoxy) is 1. The van der Waals surface area contributed by atoms with Crippen molar-refractivity contribution in [2.75, 3.05) is 7.11 Å². The van der Waals surface area contributed by atoms with Crippen LogP contribution in [0.3, 0.4) is 0 Å². The molecule has 0 aliphatic carbocycles. The standard InChI is InChI=1S/C13H12O3/c1-3-4-9-8-16-12-7-10(15-2)5-6-11(12)13(9)14/h3,5-8H,1,4H2,2H3. The molecular weight excluding hydrogens is 204 g/mol. The van der Waals surface area contributed by atoms with Gasteiger partial charge in [-0.15, -0.1) is 6.58 Å². The maximum atomic E-state index is 12.0. The molecule has 0 N–H and O–H groups in total. The van der Waals surface area contributed by atoms with Crippen molar-refractivity contribution in [1.82, 2.24) is 0 Å². The number of hydrogen-bond acceptors (Lipinski definition) is 3. The van der Waals surface area contributed by atoms with Crippen LogP contribution in [-0.2, 0) is 6.42 Å². The van der Waals surface area contributed by atoms with Crippen molar-refractivity contribution in [2.45, 2.75) is 6.42 Å². The first-order chi connectivity index (χ1) is 7.76. The molecule has 2 aromatic rings. The highest BCUT2D eigenvalue weighted by Gasteiger charge is 2.06. The zero-order chi connectivity index (χ0) is 11.5. The number of hydrogen-bond donors (Lipinski definition) is 0. The van der Waals surface area contributed by atoms with E-state index >= 15 is 0 Å². The molecule has 0 aliphatic rings. The van der Waals surface area contributed by atoms with E-state index in [0.717, 1.165) is 0 Å². The third-order valence-corrected chi connectivity index (χ3v) is 2.42. The van der Waals surface area contributed by atoms with Crippen LogP contribution in [0.2, 0.25) is 0 Å². The third kappa shape index (κ3) is 1.72. The molecule has 16 heavy (non-hydrogen) atoms. The Hall–Kier alpha value is -2.03. The highest BCUT2D eigenvalue weighted by molar-refractivity contribution is 5.78. The van der Waals surface area contributed by atoms with Crippen LogP contribution in [0.1, 0.15) is 5.56 Å². The summed E-state index contributed by atoms with van der Waals surface area (Å²) in [5.74, 6) is 0.673. The summed E-state index contributed by atoms with van der Waals surface area (Å²) in [4.78, 5) is 12.0. The number of fused-ring (bicyclic) bond motifs is 1. The Morgan fingerprint density at radius 1 is 1.50 bits per heavy atom. The van der Waals surface area contributed by atoms with Gasteiger partial charge in [0.2, 0.25) is 0 Å². The Bertz CT molecular complexity index is 581. The van der Waals surface area contributed by atoms with E-state index in [0.29, 0.717) is 28.7 Å². The lowest BCUT2D eigenvalue weighted by molar-refractivity contribution is 0.414. The van der Waals surface area contributed by atoms with Crippen LogP contribution in [0, 0.1) is 0 Å². The van der Waals surface area contributed by atoms with E-state index < -0.39 is 0 Å². The molecule has 3 heteroatoms. The summed E-state index contributed by atoms with van der Waals surface area (Å²) >= 11 is 0. The molecule has 1 aromatic heterocycles. The van der Waals surface area contributed by atoms with Crippen molar-refractivity contribution >= 4 is 11.0 Å². The maximum Gasteiger partial charge on any atom is 0.196 e. The summed E-state index contributed by atoms with van der Waals surface area (Å²) in [5, 5.41) is 0.570. The number of benzene rings is 1. The highest BCUT2D eigenvalue weighted by atomic mass is 16.5. The van der Waals surface area contributed by atoms with Gasteiger partial charge in [-0.25, -0.2) is 0 Å². The van der Waals surface area contributed by atoms with Crippen LogP contribution in [0.15, 0.2) is 46.3 Å². The Balaban J connectivity index is 2.67. The largest absolute Gasteiger partial charge is 0.497 e. The fraction of sp³-hybridized carbons (Fsp3) is 0.154. The summed E-state index contributed by atoms with van der Waals surface area (Å²) in [7, 11) is 1.57. The minimum atomic E-state index is -0.0104. The van der Waals surface area contributed by atoms with Gasteiger partial charge in [-0.2, -0.15) is 0 Å². The van der Waals surface area contributed by atoms with Crippen molar-refractivity contribution in [1.29, 1.82) is 0 Å². The van der Waals surface area contributed by atoms with Crippen molar-refractivity contribution in [3.8, 4) is 5.75 Å². The molecule has 1 aromatic carbocycles. The molecule has 0 unspecified atom stereocenters. The van der Waals surface area contributed by atoms with Gasteiger partial charge in [0.1, 0.15) is 11.3 Å². The number of rotatable bonds is 3. The molecule has 0 saturated carbocycles. The topological polar surface area (TPSA) is 39.4 Å². The average Bonchev–Trinajstić information content (AvgIpc) is 2.32. The molecule has 0 amide bonds. The van der Waals surface area contributed by atoms with Crippen LogP contribution >= 0.6 is 0 Å². The van der Waals surface area contributed by atoms with Gasteiger partial charge >= 0.3 is 0 Å². The Kier molecular flexibility index (Phi) is 2.77. The molecule has 0 bridgehead atoms. The van der Waals surface area contributed by atoms with Crippen LogP contribution in [0.4, 0.5) is 0 Å². The van der Waals surface area contributed by atoms with Crippen molar-refractivity contribution < 1.29 is 9.15 Å². The minimum Gasteiger partial charge on any atom is -0.497 e. The van der Waals surface area contributed by atoms with Gasteiger partial charge in [0, 0.05) is 11.6 Å². The van der Waals surface area contributed by atoms with Crippen LogP contribution < -0.4 is 10.2 Å². The fourth-order valence-corrected chi connectivity index (χ4v) is 1.57. The predicted octanol–water partition coefficient (Wildman–Crippen LogP) is 2.53. The Morgan fingerprint density at radius 3 is 3.00 bits per heavy atom. The lowest BCUT2D eigenvalue weighted by atomic mass is 10.1. The molecule has 0 spiro atoms. The summed E-state index contributed by atoms with van der Waals surface area (Å²) in [6.45, 7) is 3.60. The van der Waals surface area contributed by atoms with E-state index in [-0.39, 0.29) is 5.43 Å². The molecule has 2 rings (SSSR count). The van der Waals surface area contributed by atoms with Gasteiger partial charge in [0.05, 0.1) is 18.8 Å². The molecule has 3 nitrogen and oxygen atoms in total. The zero-order valence-corrected chi connectivity index (χ0v) is 9.03. The average molecular weight is 216 g/mol. The molecule has 0 aliphatic heterocycles. The van der Waals surface area contributed by atoms with E-state index in [4.69, 9.17) is 9.15 Å². The first-order valence-corrected chi connectivity index (χ1v) is 4.95. The quantitative estimate of drug-likeness (QED) is 0.740. The Morgan fingerprint density at radius 2 is 2.31 bits per heavy atom. The molecular formula is C13H12O3. The normalized spacial score (nSPS) is 10.3. The van der Waals surface area contributed by atoms with E-state index in [1.165, 1.54) is 6.26 Å². The van der Waals surface area contributed by atoms with Crippen LogP contribution in [-0.4, -0.2) is 7.11 Å². The second kappa shape index (κ2) is 4.23. The molecule has 1 heterocycles. The van der Waals surface area contributed by atoms with Crippen LogP contribution in [0.25, 0.3) is 11.0 Å². The van der Waals surface area contributed by atoms with Gasteiger partial charge in [0.15, 0.2) is 5.43 Å². The van der Waals surface area contributed by atoms with Crippen LogP contribution in [0.5, 0.6) is 5.75 Å². The van der Waals surface area contributed by atoms with E-state index in [2.05, 4.69) is 6.58 Å². The first kappa shape index (κ1) is 10.5. The van der Waals surface area contributed by atoms with Gasteiger partial charge < -0.3 is 9.15 Å². The molecule has 0 radical (unpaired) electrons. The minimum absolute atomic E-state index is 0.0104. The van der Waals surface area contributed by atoms with E-state index in [9.17, 15) is 4.79 Å². The second-order valence-corrected chi connectivity index (χ2v) is 3.44. The van der Waals surface area contributed by atoms with Crippen molar-refractivity contribution in [3.63, 3.8) is 0 Å². The lowest BCUT2D eigenvalue weighted by Crippen LogP contribution is -2.07. The third-order valence-electron chi connectivity index (χ3n) is 2.42. The predicted molar refractivity (Wildman–Crippen MR) is 62.9 cm³/mol. The van der Waals surface area contributed by atoms with Crippen molar-refractivity contribution in [2.24, 2.45) is 0 Å². The molecule has 82 valence electrons.